The largest absolute Gasteiger partial charge is 0.347 e. The summed E-state index contributed by atoms with van der Waals surface area (Å²) in [5, 5.41) is 5.94. The molecule has 1 aliphatic rings. The van der Waals surface area contributed by atoms with Gasteiger partial charge in [-0.3, -0.25) is 14.6 Å². The maximum absolute atomic E-state index is 13.2. The highest BCUT2D eigenvalue weighted by Gasteiger charge is 2.29. The van der Waals surface area contributed by atoms with Gasteiger partial charge in [-0.1, -0.05) is 30.3 Å². The van der Waals surface area contributed by atoms with E-state index in [1.54, 1.807) is 40.6 Å². The van der Waals surface area contributed by atoms with Gasteiger partial charge >= 0.3 is 0 Å². The molecule has 7 heteroatoms. The summed E-state index contributed by atoms with van der Waals surface area (Å²) in [7, 11) is 0. The summed E-state index contributed by atoms with van der Waals surface area (Å²) in [5.41, 5.74) is 2.60. The van der Waals surface area contributed by atoms with Crippen LogP contribution in [0.2, 0.25) is 0 Å². The average molecular weight is 429 g/mol. The Balaban J connectivity index is 1.37. The minimum Gasteiger partial charge on any atom is -0.347 e. The summed E-state index contributed by atoms with van der Waals surface area (Å²) >= 11 is 1.60. The fraction of sp³-hybridized carbons (Fsp3) is 0.167. The van der Waals surface area contributed by atoms with Crippen LogP contribution >= 0.6 is 11.3 Å². The molecular weight excluding hydrogens is 408 g/mol. The molecule has 3 aromatic heterocycles. The first-order chi connectivity index (χ1) is 15.2. The van der Waals surface area contributed by atoms with E-state index in [0.717, 1.165) is 21.5 Å². The number of carbonyl (C=O) groups excluding carboxylic acids is 2. The molecule has 2 amide bonds. The molecule has 6 nitrogen and oxygen atoms in total. The fourth-order valence-corrected chi connectivity index (χ4v) is 4.58. The molecule has 1 aliphatic heterocycles. The summed E-state index contributed by atoms with van der Waals surface area (Å²) < 4.78 is 0. The van der Waals surface area contributed by atoms with Crippen molar-refractivity contribution in [1.82, 2.24) is 20.2 Å². The summed E-state index contributed by atoms with van der Waals surface area (Å²) in [4.78, 5) is 37.5. The summed E-state index contributed by atoms with van der Waals surface area (Å²) in [6, 6.07) is 18.7. The maximum Gasteiger partial charge on any atom is 0.272 e. The number of fused-ring (bicyclic) bond motifs is 1. The average Bonchev–Trinajstić information content (AvgIpc) is 3.51. The number of hydrogen-bond donors (Lipinski definition) is 1. The lowest BCUT2D eigenvalue weighted by Crippen LogP contribution is -2.38. The monoisotopic (exact) mass is 428 g/mol. The van der Waals surface area contributed by atoms with Gasteiger partial charge in [0.15, 0.2) is 0 Å². The smallest absolute Gasteiger partial charge is 0.272 e. The SMILES string of the molecule is O=C(NC1CCN(C(=O)c2ccccn2)C1)c1cc(-c2cccs2)nc2ccccc12. The number of carbonyl (C=O) groups is 2. The van der Waals surface area contributed by atoms with Gasteiger partial charge in [0.2, 0.25) is 0 Å². The quantitative estimate of drug-likeness (QED) is 0.533. The molecule has 0 saturated carbocycles. The van der Waals surface area contributed by atoms with E-state index in [4.69, 9.17) is 4.98 Å². The van der Waals surface area contributed by atoms with Crippen molar-refractivity contribution in [2.24, 2.45) is 0 Å². The van der Waals surface area contributed by atoms with Gasteiger partial charge in [-0.25, -0.2) is 4.98 Å². The number of thiophene rings is 1. The fourth-order valence-electron chi connectivity index (χ4n) is 3.89. The molecule has 5 rings (SSSR count). The van der Waals surface area contributed by atoms with Crippen LogP contribution in [-0.4, -0.2) is 45.8 Å². The van der Waals surface area contributed by atoms with Gasteiger partial charge < -0.3 is 10.2 Å². The Morgan fingerprint density at radius 3 is 2.74 bits per heavy atom. The second-order valence-corrected chi connectivity index (χ2v) is 8.42. The molecule has 0 aliphatic carbocycles. The third-order valence-electron chi connectivity index (χ3n) is 5.43. The number of hydrogen-bond acceptors (Lipinski definition) is 5. The molecule has 1 unspecified atom stereocenters. The third-order valence-corrected chi connectivity index (χ3v) is 6.32. The molecule has 1 fully saturated rings. The molecule has 1 saturated heterocycles. The second-order valence-electron chi connectivity index (χ2n) is 7.47. The van der Waals surface area contributed by atoms with Crippen molar-refractivity contribution in [3.63, 3.8) is 0 Å². The van der Waals surface area contributed by atoms with Crippen molar-refractivity contribution in [1.29, 1.82) is 0 Å². The number of aromatic nitrogens is 2. The van der Waals surface area contributed by atoms with Crippen LogP contribution in [0, 0.1) is 0 Å². The first-order valence-corrected chi connectivity index (χ1v) is 11.0. The molecular formula is C24H20N4O2S. The van der Waals surface area contributed by atoms with E-state index in [2.05, 4.69) is 10.3 Å². The molecule has 4 aromatic rings. The van der Waals surface area contributed by atoms with Crippen molar-refractivity contribution >= 4 is 34.1 Å². The van der Waals surface area contributed by atoms with Crippen molar-refractivity contribution in [3.05, 3.63) is 83.5 Å². The van der Waals surface area contributed by atoms with Crippen molar-refractivity contribution in [2.75, 3.05) is 13.1 Å². The van der Waals surface area contributed by atoms with Gasteiger partial charge in [-0.05, 0) is 42.1 Å². The van der Waals surface area contributed by atoms with E-state index < -0.39 is 0 Å². The van der Waals surface area contributed by atoms with Crippen LogP contribution in [0.4, 0.5) is 0 Å². The van der Waals surface area contributed by atoms with Gasteiger partial charge in [0.25, 0.3) is 11.8 Å². The van der Waals surface area contributed by atoms with Crippen LogP contribution in [0.5, 0.6) is 0 Å². The minimum atomic E-state index is -0.145. The standard InChI is InChI=1S/C24H20N4O2S/c29-23(26-16-10-12-28(15-16)24(30)20-8-3-4-11-25-20)18-14-21(22-9-5-13-31-22)27-19-7-2-1-6-17(18)19/h1-9,11,13-14,16H,10,12,15H2,(H,26,29). The predicted molar refractivity (Wildman–Crippen MR) is 121 cm³/mol. The normalized spacial score (nSPS) is 15.9. The Labute approximate surface area is 183 Å². The van der Waals surface area contributed by atoms with E-state index in [-0.39, 0.29) is 17.9 Å². The van der Waals surface area contributed by atoms with Gasteiger partial charge in [-0.2, -0.15) is 0 Å². The summed E-state index contributed by atoms with van der Waals surface area (Å²) in [6.45, 7) is 1.07. The highest BCUT2D eigenvalue weighted by atomic mass is 32.1. The Morgan fingerprint density at radius 1 is 1.06 bits per heavy atom. The zero-order valence-electron chi connectivity index (χ0n) is 16.7. The van der Waals surface area contributed by atoms with E-state index in [0.29, 0.717) is 30.8 Å². The molecule has 154 valence electrons. The zero-order chi connectivity index (χ0) is 21.2. The number of amides is 2. The Kier molecular flexibility index (Phi) is 5.18. The number of pyridine rings is 2. The van der Waals surface area contributed by atoms with Crippen LogP contribution in [0.3, 0.4) is 0 Å². The highest BCUT2D eigenvalue weighted by Crippen LogP contribution is 2.28. The molecule has 1 N–H and O–H groups in total. The van der Waals surface area contributed by atoms with Crippen LogP contribution < -0.4 is 5.32 Å². The van der Waals surface area contributed by atoms with Crippen LogP contribution in [0.1, 0.15) is 27.3 Å². The van der Waals surface area contributed by atoms with Gasteiger partial charge in [0.1, 0.15) is 5.69 Å². The van der Waals surface area contributed by atoms with E-state index in [1.165, 1.54) is 0 Å². The van der Waals surface area contributed by atoms with E-state index >= 15 is 0 Å². The second kappa shape index (κ2) is 8.28. The first-order valence-electron chi connectivity index (χ1n) is 10.1. The summed E-state index contributed by atoms with van der Waals surface area (Å²) in [5.74, 6) is -0.250. The maximum atomic E-state index is 13.2. The van der Waals surface area contributed by atoms with Gasteiger partial charge in [-0.15, -0.1) is 11.3 Å². The lowest BCUT2D eigenvalue weighted by atomic mass is 10.1. The molecule has 31 heavy (non-hydrogen) atoms. The number of para-hydroxylation sites is 1. The number of benzene rings is 1. The molecule has 0 bridgehead atoms. The lowest BCUT2D eigenvalue weighted by molar-refractivity contribution is 0.0777. The number of nitrogens with one attached hydrogen (secondary N) is 1. The highest BCUT2D eigenvalue weighted by molar-refractivity contribution is 7.13. The Hall–Kier alpha value is -3.58. The zero-order valence-corrected chi connectivity index (χ0v) is 17.5. The van der Waals surface area contributed by atoms with Crippen molar-refractivity contribution in [2.45, 2.75) is 12.5 Å². The summed E-state index contributed by atoms with van der Waals surface area (Å²) in [6.07, 6.45) is 2.33. The van der Waals surface area contributed by atoms with Crippen LogP contribution in [-0.2, 0) is 0 Å². The predicted octanol–water partition coefficient (Wildman–Crippen LogP) is 4.00. The first kappa shape index (κ1) is 19.4. The van der Waals surface area contributed by atoms with E-state index in [1.807, 2.05) is 47.8 Å². The van der Waals surface area contributed by atoms with Crippen LogP contribution in [0.25, 0.3) is 21.5 Å². The minimum absolute atomic E-state index is 0.0997. The van der Waals surface area contributed by atoms with Crippen molar-refractivity contribution in [3.8, 4) is 10.6 Å². The number of rotatable bonds is 4. The number of likely N-dealkylation sites (tertiary alicyclic amines) is 1. The number of nitrogens with zero attached hydrogens (tertiary/aromatic N) is 3. The molecule has 4 heterocycles. The van der Waals surface area contributed by atoms with E-state index in [9.17, 15) is 9.59 Å². The van der Waals surface area contributed by atoms with Gasteiger partial charge in [0.05, 0.1) is 21.7 Å². The lowest BCUT2D eigenvalue weighted by Gasteiger charge is -2.17. The Bertz CT molecular complexity index is 1240. The van der Waals surface area contributed by atoms with Crippen LogP contribution in [0.15, 0.2) is 72.2 Å². The van der Waals surface area contributed by atoms with Crippen molar-refractivity contribution < 1.29 is 9.59 Å². The molecule has 0 radical (unpaired) electrons. The topological polar surface area (TPSA) is 75.2 Å². The molecule has 1 aromatic carbocycles. The Morgan fingerprint density at radius 2 is 1.94 bits per heavy atom. The van der Waals surface area contributed by atoms with Gasteiger partial charge in [0, 0.05) is 30.7 Å². The molecule has 1 atom stereocenters. The third kappa shape index (κ3) is 3.92. The molecule has 0 spiro atoms.